The summed E-state index contributed by atoms with van der Waals surface area (Å²) in [6, 6.07) is 0. The van der Waals surface area contributed by atoms with Crippen molar-refractivity contribution in [2.75, 3.05) is 7.05 Å². The number of halogens is 2. The number of carbonyl (C=O) groups is 1. The number of likely N-dealkylation sites (tertiary alicyclic amines) is 1. The van der Waals surface area contributed by atoms with Crippen molar-refractivity contribution in [2.45, 2.75) is 25.0 Å². The maximum absolute atomic E-state index is 12.1. The van der Waals surface area contributed by atoms with Gasteiger partial charge in [-0.3, -0.25) is 4.79 Å². The Bertz CT molecular complexity index is 185. The van der Waals surface area contributed by atoms with E-state index in [1.54, 1.807) is 0 Å². The summed E-state index contributed by atoms with van der Waals surface area (Å²) in [6.45, 7) is 0. The molecule has 64 valence electrons. The average Bonchev–Trinajstić information content (AvgIpc) is 2.18. The van der Waals surface area contributed by atoms with Crippen molar-refractivity contribution in [1.29, 1.82) is 0 Å². The third kappa shape index (κ3) is 1.09. The SMILES string of the molecule is CN1C(=O)CCC1(O)C(F)F. The highest BCUT2D eigenvalue weighted by molar-refractivity contribution is 5.79. The second kappa shape index (κ2) is 2.41. The summed E-state index contributed by atoms with van der Waals surface area (Å²) in [5, 5.41) is 9.16. The van der Waals surface area contributed by atoms with Crippen LogP contribution in [-0.2, 0) is 4.79 Å². The second-order valence-corrected chi connectivity index (χ2v) is 2.63. The van der Waals surface area contributed by atoms with Gasteiger partial charge in [0.1, 0.15) is 0 Å². The molecule has 0 aromatic heterocycles. The lowest BCUT2D eigenvalue weighted by Crippen LogP contribution is -2.48. The molecule has 1 heterocycles. The van der Waals surface area contributed by atoms with E-state index in [1.807, 2.05) is 0 Å². The standard InChI is InChI=1S/C6H9F2NO2/c1-9-4(10)2-3-6(9,11)5(7)8/h5,11H,2-3H2,1H3. The van der Waals surface area contributed by atoms with Crippen LogP contribution in [0.15, 0.2) is 0 Å². The van der Waals surface area contributed by atoms with Gasteiger partial charge < -0.3 is 10.0 Å². The molecular weight excluding hydrogens is 156 g/mol. The average molecular weight is 165 g/mol. The van der Waals surface area contributed by atoms with E-state index in [1.165, 1.54) is 7.05 Å². The lowest BCUT2D eigenvalue weighted by molar-refractivity contribution is -0.177. The first-order valence-corrected chi connectivity index (χ1v) is 3.25. The molecule has 5 heteroatoms. The molecule has 1 unspecified atom stereocenters. The Hall–Kier alpha value is -0.710. The van der Waals surface area contributed by atoms with Gasteiger partial charge in [0.15, 0.2) is 0 Å². The number of rotatable bonds is 1. The van der Waals surface area contributed by atoms with Crippen LogP contribution in [0.4, 0.5) is 8.78 Å². The van der Waals surface area contributed by atoms with Gasteiger partial charge in [0, 0.05) is 19.9 Å². The molecule has 1 aliphatic heterocycles. The molecule has 1 amide bonds. The fourth-order valence-electron chi connectivity index (χ4n) is 1.10. The first-order valence-electron chi connectivity index (χ1n) is 3.25. The number of aliphatic hydroxyl groups is 1. The molecular formula is C6H9F2NO2. The van der Waals surface area contributed by atoms with Crippen molar-refractivity contribution in [3.63, 3.8) is 0 Å². The van der Waals surface area contributed by atoms with Crippen molar-refractivity contribution >= 4 is 5.91 Å². The van der Waals surface area contributed by atoms with Crippen LogP contribution in [0.1, 0.15) is 12.8 Å². The van der Waals surface area contributed by atoms with E-state index in [2.05, 4.69) is 0 Å². The molecule has 1 saturated heterocycles. The molecule has 1 rings (SSSR count). The zero-order valence-electron chi connectivity index (χ0n) is 6.05. The smallest absolute Gasteiger partial charge is 0.285 e. The monoisotopic (exact) mass is 165 g/mol. The topological polar surface area (TPSA) is 40.5 Å². The van der Waals surface area contributed by atoms with Gasteiger partial charge in [0.05, 0.1) is 0 Å². The predicted molar refractivity (Wildman–Crippen MR) is 33.0 cm³/mol. The normalized spacial score (nSPS) is 32.1. The van der Waals surface area contributed by atoms with Crippen LogP contribution in [0.2, 0.25) is 0 Å². The van der Waals surface area contributed by atoms with E-state index < -0.39 is 18.1 Å². The summed E-state index contributed by atoms with van der Waals surface area (Å²) < 4.78 is 24.2. The summed E-state index contributed by atoms with van der Waals surface area (Å²) in [7, 11) is 1.18. The number of carbonyl (C=O) groups excluding carboxylic acids is 1. The third-order valence-corrected chi connectivity index (χ3v) is 2.01. The fourth-order valence-corrected chi connectivity index (χ4v) is 1.10. The predicted octanol–water partition coefficient (Wildman–Crippen LogP) is 0.192. The molecule has 1 fully saturated rings. The second-order valence-electron chi connectivity index (χ2n) is 2.63. The maximum Gasteiger partial charge on any atom is 0.285 e. The van der Waals surface area contributed by atoms with Gasteiger partial charge in [-0.05, 0) is 0 Å². The van der Waals surface area contributed by atoms with Crippen molar-refractivity contribution < 1.29 is 18.7 Å². The molecule has 0 aromatic rings. The van der Waals surface area contributed by atoms with Gasteiger partial charge in [-0.25, -0.2) is 8.78 Å². The van der Waals surface area contributed by atoms with Gasteiger partial charge in [-0.2, -0.15) is 0 Å². The highest BCUT2D eigenvalue weighted by Gasteiger charge is 2.48. The summed E-state index contributed by atoms with van der Waals surface area (Å²) >= 11 is 0. The third-order valence-electron chi connectivity index (χ3n) is 2.01. The first kappa shape index (κ1) is 8.39. The molecule has 0 aliphatic carbocycles. The minimum atomic E-state index is -2.89. The molecule has 0 aromatic carbocycles. The Kier molecular flexibility index (Phi) is 1.83. The highest BCUT2D eigenvalue weighted by atomic mass is 19.3. The quantitative estimate of drug-likeness (QED) is 0.602. The van der Waals surface area contributed by atoms with E-state index in [0.29, 0.717) is 4.90 Å². The molecule has 1 aliphatic rings. The molecule has 0 spiro atoms. The molecule has 0 saturated carbocycles. The maximum atomic E-state index is 12.1. The van der Waals surface area contributed by atoms with Gasteiger partial charge in [-0.1, -0.05) is 0 Å². The lowest BCUT2D eigenvalue weighted by atomic mass is 10.2. The van der Waals surface area contributed by atoms with Crippen LogP contribution in [-0.4, -0.2) is 35.1 Å². The summed E-state index contributed by atoms with van der Waals surface area (Å²) in [4.78, 5) is 11.4. The van der Waals surface area contributed by atoms with Crippen molar-refractivity contribution in [3.05, 3.63) is 0 Å². The number of alkyl halides is 2. The van der Waals surface area contributed by atoms with E-state index in [-0.39, 0.29) is 12.8 Å². The fraction of sp³-hybridized carbons (Fsp3) is 0.833. The molecule has 1 N–H and O–H groups in total. The minimum absolute atomic E-state index is 0.00264. The van der Waals surface area contributed by atoms with Gasteiger partial charge in [-0.15, -0.1) is 0 Å². The van der Waals surface area contributed by atoms with E-state index in [4.69, 9.17) is 5.11 Å². The van der Waals surface area contributed by atoms with Crippen LogP contribution in [0.3, 0.4) is 0 Å². The Morgan fingerprint density at radius 2 is 2.27 bits per heavy atom. The summed E-state index contributed by atoms with van der Waals surface area (Å²) in [5.41, 5.74) is -2.23. The number of amides is 1. The van der Waals surface area contributed by atoms with Crippen LogP contribution >= 0.6 is 0 Å². The lowest BCUT2D eigenvalue weighted by Gasteiger charge is -2.29. The van der Waals surface area contributed by atoms with E-state index in [9.17, 15) is 13.6 Å². The van der Waals surface area contributed by atoms with Crippen LogP contribution in [0, 0.1) is 0 Å². The van der Waals surface area contributed by atoms with Gasteiger partial charge in [0.25, 0.3) is 6.43 Å². The summed E-state index contributed by atoms with van der Waals surface area (Å²) in [6.07, 6.45) is -3.07. The largest absolute Gasteiger partial charge is 0.366 e. The van der Waals surface area contributed by atoms with E-state index >= 15 is 0 Å². The zero-order valence-corrected chi connectivity index (χ0v) is 6.05. The van der Waals surface area contributed by atoms with Crippen LogP contribution in [0.5, 0.6) is 0 Å². The molecule has 3 nitrogen and oxygen atoms in total. The zero-order chi connectivity index (χ0) is 8.65. The summed E-state index contributed by atoms with van der Waals surface area (Å²) in [5.74, 6) is -0.437. The van der Waals surface area contributed by atoms with Crippen LogP contribution in [0.25, 0.3) is 0 Å². The van der Waals surface area contributed by atoms with Gasteiger partial charge in [0.2, 0.25) is 11.6 Å². The van der Waals surface area contributed by atoms with Crippen molar-refractivity contribution in [1.82, 2.24) is 4.90 Å². The Morgan fingerprint density at radius 1 is 1.73 bits per heavy atom. The molecule has 11 heavy (non-hydrogen) atoms. The molecule has 1 atom stereocenters. The Morgan fingerprint density at radius 3 is 2.45 bits per heavy atom. The highest BCUT2D eigenvalue weighted by Crippen LogP contribution is 2.31. The van der Waals surface area contributed by atoms with Crippen LogP contribution < -0.4 is 0 Å². The Balaban J connectivity index is 2.81. The van der Waals surface area contributed by atoms with Crippen molar-refractivity contribution in [2.24, 2.45) is 0 Å². The number of hydrogen-bond acceptors (Lipinski definition) is 2. The van der Waals surface area contributed by atoms with Gasteiger partial charge >= 0.3 is 0 Å². The number of nitrogens with zero attached hydrogens (tertiary/aromatic N) is 1. The first-order chi connectivity index (χ1) is 4.98. The number of hydrogen-bond donors (Lipinski definition) is 1. The minimum Gasteiger partial charge on any atom is -0.366 e. The van der Waals surface area contributed by atoms with Crippen molar-refractivity contribution in [3.8, 4) is 0 Å². The Labute approximate surface area is 62.6 Å². The van der Waals surface area contributed by atoms with E-state index in [0.717, 1.165) is 0 Å². The molecule has 0 radical (unpaired) electrons. The molecule has 0 bridgehead atoms.